The van der Waals surface area contributed by atoms with E-state index in [9.17, 15) is 4.21 Å². The van der Waals surface area contributed by atoms with Crippen molar-refractivity contribution in [2.24, 2.45) is 0 Å². The fourth-order valence-electron chi connectivity index (χ4n) is 1.37. The lowest BCUT2D eigenvalue weighted by Gasteiger charge is -2.06. The summed E-state index contributed by atoms with van der Waals surface area (Å²) < 4.78 is 16.7. The second-order valence-electron chi connectivity index (χ2n) is 3.88. The molecule has 2 rings (SSSR count). The summed E-state index contributed by atoms with van der Waals surface area (Å²) in [6, 6.07) is 5.13. The maximum atomic E-state index is 12.2. The van der Waals surface area contributed by atoms with Crippen molar-refractivity contribution < 1.29 is 4.21 Å². The van der Waals surface area contributed by atoms with E-state index in [-0.39, 0.29) is 5.25 Å². The molecule has 0 bridgehead atoms. The zero-order valence-electron chi connectivity index (χ0n) is 9.68. The second kappa shape index (κ2) is 5.65. The maximum absolute atomic E-state index is 12.2. The van der Waals surface area contributed by atoms with Gasteiger partial charge in [0.1, 0.15) is 9.90 Å². The molecule has 0 radical (unpaired) electrons. The fourth-order valence-corrected chi connectivity index (χ4v) is 4.05. The van der Waals surface area contributed by atoms with Gasteiger partial charge in [-0.05, 0) is 29.7 Å². The molecule has 0 aliphatic heterocycles. The van der Waals surface area contributed by atoms with E-state index in [0.717, 1.165) is 11.5 Å². The largest absolute Gasteiger partial charge is 0.253 e. The van der Waals surface area contributed by atoms with Gasteiger partial charge in [-0.25, -0.2) is 0 Å². The Morgan fingerprint density at radius 1 is 1.33 bits per heavy atom. The number of hydrogen-bond donors (Lipinski definition) is 0. The van der Waals surface area contributed by atoms with E-state index in [4.69, 9.17) is 23.2 Å². The predicted molar refractivity (Wildman–Crippen MR) is 76.9 cm³/mol. The lowest BCUT2D eigenvalue weighted by atomic mass is 10.2. The van der Waals surface area contributed by atoms with E-state index < -0.39 is 10.8 Å². The molecule has 0 aliphatic rings. The first kappa shape index (κ1) is 13.9. The zero-order valence-corrected chi connectivity index (χ0v) is 12.8. The minimum Gasteiger partial charge on any atom is -0.253 e. The number of aromatic nitrogens is 2. The van der Waals surface area contributed by atoms with E-state index in [2.05, 4.69) is 9.59 Å². The van der Waals surface area contributed by atoms with Crippen molar-refractivity contribution in [1.29, 1.82) is 0 Å². The maximum Gasteiger partial charge on any atom is 0.140 e. The summed E-state index contributed by atoms with van der Waals surface area (Å²) in [6.07, 6.45) is 0. The molecule has 0 saturated carbocycles. The van der Waals surface area contributed by atoms with Gasteiger partial charge >= 0.3 is 0 Å². The van der Waals surface area contributed by atoms with Crippen molar-refractivity contribution in [3.05, 3.63) is 28.2 Å². The summed E-state index contributed by atoms with van der Waals surface area (Å²) >= 11 is 13.1. The van der Waals surface area contributed by atoms with E-state index in [1.54, 1.807) is 18.2 Å². The molecule has 0 unspecified atom stereocenters. The number of halogens is 2. The van der Waals surface area contributed by atoms with Gasteiger partial charge in [-0.2, -0.15) is 0 Å². The third-order valence-corrected chi connectivity index (χ3v) is 5.46. The van der Waals surface area contributed by atoms with Crippen molar-refractivity contribution in [2.45, 2.75) is 23.3 Å². The van der Waals surface area contributed by atoms with Gasteiger partial charge in [0.2, 0.25) is 0 Å². The van der Waals surface area contributed by atoms with E-state index in [1.165, 1.54) is 0 Å². The van der Waals surface area contributed by atoms with Crippen LogP contribution in [0, 0.1) is 0 Å². The lowest BCUT2D eigenvalue weighted by Crippen LogP contribution is -2.05. The van der Waals surface area contributed by atoms with Crippen LogP contribution >= 0.6 is 34.7 Å². The molecule has 96 valence electrons. The Balaban J connectivity index is 2.52. The first-order chi connectivity index (χ1) is 8.50. The van der Waals surface area contributed by atoms with Gasteiger partial charge < -0.3 is 0 Å². The molecule has 0 fully saturated rings. The molecule has 3 nitrogen and oxygen atoms in total. The van der Waals surface area contributed by atoms with Gasteiger partial charge in [0, 0.05) is 15.8 Å². The molecule has 0 aliphatic carbocycles. The van der Waals surface area contributed by atoms with Crippen molar-refractivity contribution in [1.82, 2.24) is 9.59 Å². The molecule has 1 aromatic heterocycles. The van der Waals surface area contributed by atoms with Crippen LogP contribution in [-0.2, 0) is 10.8 Å². The van der Waals surface area contributed by atoms with Crippen molar-refractivity contribution >= 4 is 45.5 Å². The first-order valence-corrected chi connectivity index (χ1v) is 7.93. The van der Waals surface area contributed by atoms with Crippen LogP contribution in [0.25, 0.3) is 11.3 Å². The first-order valence-electron chi connectivity index (χ1n) is 5.19. The third-order valence-electron chi connectivity index (χ3n) is 2.26. The molecule has 2 aromatic rings. The molecular formula is C11H10Cl2N2OS2. The van der Waals surface area contributed by atoms with Crippen molar-refractivity contribution in [3.8, 4) is 11.3 Å². The molecule has 1 heterocycles. The van der Waals surface area contributed by atoms with Crippen molar-refractivity contribution in [2.75, 3.05) is 0 Å². The fraction of sp³-hybridized carbons (Fsp3) is 0.273. The molecule has 1 atom stereocenters. The Morgan fingerprint density at radius 2 is 2.06 bits per heavy atom. The van der Waals surface area contributed by atoms with Gasteiger partial charge in [-0.1, -0.05) is 41.5 Å². The van der Waals surface area contributed by atoms with Gasteiger partial charge in [-0.3, -0.25) is 4.21 Å². The Bertz CT molecular complexity index is 598. The van der Waals surface area contributed by atoms with Crippen LogP contribution in [0.4, 0.5) is 0 Å². The summed E-state index contributed by atoms with van der Waals surface area (Å²) in [5, 5.41) is 5.08. The molecule has 0 saturated heterocycles. The molecule has 1 aromatic carbocycles. The highest BCUT2D eigenvalue weighted by Crippen LogP contribution is 2.34. The summed E-state index contributed by atoms with van der Waals surface area (Å²) in [5.74, 6) is 0. The highest BCUT2D eigenvalue weighted by molar-refractivity contribution is 7.87. The highest BCUT2D eigenvalue weighted by atomic mass is 35.5. The van der Waals surface area contributed by atoms with Crippen molar-refractivity contribution in [3.63, 3.8) is 0 Å². The second-order valence-corrected chi connectivity index (χ2v) is 7.68. The highest BCUT2D eigenvalue weighted by Gasteiger charge is 2.20. The minimum atomic E-state index is -1.13. The molecule has 0 amide bonds. The third kappa shape index (κ3) is 2.74. The lowest BCUT2D eigenvalue weighted by molar-refractivity contribution is 0.678. The smallest absolute Gasteiger partial charge is 0.140 e. The van der Waals surface area contributed by atoms with E-state index >= 15 is 0 Å². The molecule has 0 N–H and O–H groups in total. The van der Waals surface area contributed by atoms with Crippen LogP contribution in [0.5, 0.6) is 0 Å². The zero-order chi connectivity index (χ0) is 13.3. The molecule has 18 heavy (non-hydrogen) atoms. The number of hydrogen-bond acceptors (Lipinski definition) is 4. The topological polar surface area (TPSA) is 42.9 Å². The van der Waals surface area contributed by atoms with Gasteiger partial charge in [0.15, 0.2) is 0 Å². The number of benzene rings is 1. The van der Waals surface area contributed by atoms with E-state index in [0.29, 0.717) is 25.5 Å². The van der Waals surface area contributed by atoms with Crippen LogP contribution in [0.3, 0.4) is 0 Å². The van der Waals surface area contributed by atoms with Crippen LogP contribution in [0.2, 0.25) is 10.0 Å². The summed E-state index contributed by atoms with van der Waals surface area (Å²) in [7, 11) is -1.13. The summed E-state index contributed by atoms with van der Waals surface area (Å²) in [6.45, 7) is 3.78. The van der Waals surface area contributed by atoms with Gasteiger partial charge in [0.05, 0.1) is 15.8 Å². The molecular weight excluding hydrogens is 311 g/mol. The number of rotatable bonds is 3. The SMILES string of the molecule is CC(C)[S@](=O)c1snnc1-c1ccc(Cl)cc1Cl. The molecule has 0 spiro atoms. The predicted octanol–water partition coefficient (Wildman–Crippen LogP) is 4.03. The minimum absolute atomic E-state index is 0.0112. The van der Waals surface area contributed by atoms with Gasteiger partial charge in [-0.15, -0.1) is 5.10 Å². The average molecular weight is 321 g/mol. The van der Waals surface area contributed by atoms with Gasteiger partial charge in [0.25, 0.3) is 0 Å². The standard InChI is InChI=1S/C11H10Cl2N2OS2/c1-6(2)18(16)11-10(14-15-17-11)8-4-3-7(12)5-9(8)13/h3-6H,1-2H3/t18-/m0/s1. The Morgan fingerprint density at radius 3 is 2.67 bits per heavy atom. The average Bonchev–Trinajstić information content (AvgIpc) is 2.76. The Hall–Kier alpha value is -0.490. The summed E-state index contributed by atoms with van der Waals surface area (Å²) in [4.78, 5) is 0. The van der Waals surface area contributed by atoms with E-state index in [1.807, 2.05) is 13.8 Å². The van der Waals surface area contributed by atoms with Crippen LogP contribution in [0.15, 0.2) is 22.4 Å². The number of nitrogens with zero attached hydrogens (tertiary/aromatic N) is 2. The Labute approximate surface area is 122 Å². The Kier molecular flexibility index (Phi) is 4.37. The monoisotopic (exact) mass is 320 g/mol. The molecule has 7 heteroatoms. The van der Waals surface area contributed by atoms with Crippen LogP contribution in [-0.4, -0.2) is 19.0 Å². The quantitative estimate of drug-likeness (QED) is 0.857. The summed E-state index contributed by atoms with van der Waals surface area (Å²) in [5.41, 5.74) is 1.28. The van der Waals surface area contributed by atoms with Crippen LogP contribution in [0.1, 0.15) is 13.8 Å². The van der Waals surface area contributed by atoms with Crippen LogP contribution < -0.4 is 0 Å². The normalized spacial score (nSPS) is 12.9.